The van der Waals surface area contributed by atoms with Gasteiger partial charge in [0.2, 0.25) is 0 Å². The summed E-state index contributed by atoms with van der Waals surface area (Å²) in [4.78, 5) is 9.52. The van der Waals surface area contributed by atoms with Crippen LogP contribution in [0.15, 0.2) is 6.20 Å². The number of hydrogen-bond acceptors (Lipinski definition) is 3. The van der Waals surface area contributed by atoms with Crippen molar-refractivity contribution in [3.63, 3.8) is 0 Å². The number of nitrogens with zero attached hydrogens (tertiary/aromatic N) is 2. The first-order chi connectivity index (χ1) is 6.68. The summed E-state index contributed by atoms with van der Waals surface area (Å²) in [6, 6.07) is 0. The van der Waals surface area contributed by atoms with Crippen molar-refractivity contribution in [2.24, 2.45) is 0 Å². The van der Waals surface area contributed by atoms with Gasteiger partial charge < -0.3 is 15.2 Å². The Hall–Kier alpha value is -1.03. The van der Waals surface area contributed by atoms with E-state index in [0.29, 0.717) is 0 Å². The fraction of sp³-hybridized carbons (Fsp3) is 0.700. The zero-order valence-electron chi connectivity index (χ0n) is 9.30. The van der Waals surface area contributed by atoms with Crippen LogP contribution in [0.25, 0.3) is 0 Å². The molecule has 0 atom stereocenters. The van der Waals surface area contributed by atoms with E-state index in [9.17, 15) is 0 Å². The van der Waals surface area contributed by atoms with Crippen molar-refractivity contribution in [3.8, 4) is 0 Å². The Labute approximate surface area is 85.7 Å². The van der Waals surface area contributed by atoms with E-state index in [-0.39, 0.29) is 0 Å². The minimum Gasteiger partial charge on any atom is -0.356 e. The van der Waals surface area contributed by atoms with Gasteiger partial charge in [-0.3, -0.25) is 0 Å². The van der Waals surface area contributed by atoms with Crippen molar-refractivity contribution in [2.45, 2.75) is 19.8 Å². The maximum atomic E-state index is 4.17. The molecule has 4 nitrogen and oxygen atoms in total. The smallest absolute Gasteiger partial charge is 0.200 e. The third-order valence-corrected chi connectivity index (χ3v) is 2.03. The van der Waals surface area contributed by atoms with Crippen LogP contribution in [-0.4, -0.2) is 42.1 Å². The highest BCUT2D eigenvalue weighted by molar-refractivity contribution is 5.25. The van der Waals surface area contributed by atoms with Gasteiger partial charge in [-0.15, -0.1) is 0 Å². The molecule has 0 aliphatic heterocycles. The summed E-state index contributed by atoms with van der Waals surface area (Å²) in [7, 11) is 4.20. The quantitative estimate of drug-likeness (QED) is 0.677. The van der Waals surface area contributed by atoms with E-state index in [2.05, 4.69) is 34.3 Å². The predicted octanol–water partition coefficient (Wildman–Crippen LogP) is 1.47. The maximum Gasteiger partial charge on any atom is 0.200 e. The number of anilines is 1. The second-order valence-corrected chi connectivity index (χ2v) is 3.85. The molecule has 0 aliphatic rings. The molecule has 0 bridgehead atoms. The molecule has 0 saturated heterocycles. The summed E-state index contributed by atoms with van der Waals surface area (Å²) in [5.74, 6) is 0.882. The predicted molar refractivity (Wildman–Crippen MR) is 59.6 cm³/mol. The van der Waals surface area contributed by atoms with E-state index < -0.39 is 0 Å². The number of nitrogens with one attached hydrogen (secondary N) is 2. The van der Waals surface area contributed by atoms with Crippen LogP contribution < -0.4 is 5.32 Å². The van der Waals surface area contributed by atoms with Crippen LogP contribution in [-0.2, 0) is 0 Å². The van der Waals surface area contributed by atoms with E-state index in [0.717, 1.165) is 24.7 Å². The maximum absolute atomic E-state index is 4.17. The molecular weight excluding hydrogens is 176 g/mol. The summed E-state index contributed by atoms with van der Waals surface area (Å²) in [6.07, 6.45) is 4.24. The average Bonchev–Trinajstić information content (AvgIpc) is 2.50. The molecule has 80 valence electrons. The summed E-state index contributed by atoms with van der Waals surface area (Å²) < 4.78 is 0. The van der Waals surface area contributed by atoms with Crippen LogP contribution in [0.3, 0.4) is 0 Å². The number of aromatic nitrogens is 2. The molecule has 0 radical (unpaired) electrons. The van der Waals surface area contributed by atoms with Crippen molar-refractivity contribution in [1.29, 1.82) is 0 Å². The lowest BCUT2D eigenvalue weighted by Crippen LogP contribution is -2.14. The fourth-order valence-electron chi connectivity index (χ4n) is 1.26. The van der Waals surface area contributed by atoms with E-state index in [1.54, 1.807) is 0 Å². The Morgan fingerprint density at radius 1 is 1.43 bits per heavy atom. The molecule has 14 heavy (non-hydrogen) atoms. The molecule has 0 aliphatic carbocycles. The number of H-pyrrole nitrogens is 1. The van der Waals surface area contributed by atoms with Crippen LogP contribution in [0.1, 0.15) is 18.5 Å². The van der Waals surface area contributed by atoms with Gasteiger partial charge in [0.05, 0.1) is 0 Å². The second kappa shape index (κ2) is 5.65. The van der Waals surface area contributed by atoms with Gasteiger partial charge in [-0.05, 0) is 40.4 Å². The van der Waals surface area contributed by atoms with Gasteiger partial charge in [-0.2, -0.15) is 0 Å². The first-order valence-corrected chi connectivity index (χ1v) is 5.08. The number of imidazole rings is 1. The molecule has 0 amide bonds. The number of aryl methyl sites for hydroxylation is 1. The van der Waals surface area contributed by atoms with E-state index in [1.807, 2.05) is 13.1 Å². The average molecular weight is 196 g/mol. The highest BCUT2D eigenvalue weighted by Crippen LogP contribution is 2.00. The van der Waals surface area contributed by atoms with Gasteiger partial charge in [-0.25, -0.2) is 4.98 Å². The normalized spacial score (nSPS) is 10.9. The Morgan fingerprint density at radius 3 is 2.79 bits per heavy atom. The van der Waals surface area contributed by atoms with Crippen molar-refractivity contribution in [1.82, 2.24) is 14.9 Å². The number of unbranched alkanes of at least 4 members (excludes halogenated alkanes) is 1. The van der Waals surface area contributed by atoms with Gasteiger partial charge in [-0.1, -0.05) is 0 Å². The third-order valence-electron chi connectivity index (χ3n) is 2.03. The topological polar surface area (TPSA) is 44.0 Å². The van der Waals surface area contributed by atoms with Crippen molar-refractivity contribution in [2.75, 3.05) is 32.5 Å². The third kappa shape index (κ3) is 4.28. The van der Waals surface area contributed by atoms with Crippen molar-refractivity contribution < 1.29 is 0 Å². The monoisotopic (exact) mass is 196 g/mol. The van der Waals surface area contributed by atoms with Gasteiger partial charge in [0.15, 0.2) is 5.95 Å². The van der Waals surface area contributed by atoms with Gasteiger partial charge in [0, 0.05) is 18.4 Å². The van der Waals surface area contributed by atoms with Crippen LogP contribution in [0.2, 0.25) is 0 Å². The molecule has 1 aromatic rings. The SMILES string of the molecule is Cc1cnc(NCCCCN(C)C)[nH]1. The highest BCUT2D eigenvalue weighted by atomic mass is 15.1. The minimum absolute atomic E-state index is 0.882. The van der Waals surface area contributed by atoms with Crippen LogP contribution in [0, 0.1) is 6.92 Å². The fourth-order valence-corrected chi connectivity index (χ4v) is 1.26. The minimum atomic E-state index is 0.882. The first-order valence-electron chi connectivity index (χ1n) is 5.08. The first kappa shape index (κ1) is 11.0. The van der Waals surface area contributed by atoms with Crippen LogP contribution in [0.5, 0.6) is 0 Å². The lowest BCUT2D eigenvalue weighted by atomic mass is 10.3. The largest absolute Gasteiger partial charge is 0.356 e. The second-order valence-electron chi connectivity index (χ2n) is 3.85. The van der Waals surface area contributed by atoms with E-state index >= 15 is 0 Å². The molecule has 1 rings (SSSR count). The number of rotatable bonds is 6. The Bertz CT molecular complexity index is 254. The van der Waals surface area contributed by atoms with Crippen molar-refractivity contribution >= 4 is 5.95 Å². The molecule has 0 unspecified atom stereocenters. The standard InChI is InChI=1S/C10H20N4/c1-9-8-12-10(13-9)11-6-4-5-7-14(2)3/h8H,4-7H2,1-3H3,(H2,11,12,13). The molecule has 0 aromatic carbocycles. The van der Waals surface area contributed by atoms with Crippen molar-refractivity contribution in [3.05, 3.63) is 11.9 Å². The molecule has 4 heteroatoms. The van der Waals surface area contributed by atoms with Crippen LogP contribution in [0.4, 0.5) is 5.95 Å². The molecule has 1 heterocycles. The van der Waals surface area contributed by atoms with E-state index in [4.69, 9.17) is 0 Å². The summed E-state index contributed by atoms with van der Waals surface area (Å²) >= 11 is 0. The lowest BCUT2D eigenvalue weighted by molar-refractivity contribution is 0.396. The van der Waals surface area contributed by atoms with Gasteiger partial charge in [0.1, 0.15) is 0 Å². The van der Waals surface area contributed by atoms with E-state index in [1.165, 1.54) is 12.8 Å². The lowest BCUT2D eigenvalue weighted by Gasteiger charge is -2.08. The number of hydrogen-bond donors (Lipinski definition) is 2. The number of aromatic amines is 1. The molecule has 0 saturated carbocycles. The Balaban J connectivity index is 2.04. The summed E-state index contributed by atoms with van der Waals surface area (Å²) in [5.41, 5.74) is 1.10. The Morgan fingerprint density at radius 2 is 2.21 bits per heavy atom. The van der Waals surface area contributed by atoms with Gasteiger partial charge in [0.25, 0.3) is 0 Å². The molecule has 1 aromatic heterocycles. The summed E-state index contributed by atoms with van der Waals surface area (Å²) in [6.45, 7) is 4.14. The molecule has 0 fully saturated rings. The van der Waals surface area contributed by atoms with Crippen LogP contribution >= 0.6 is 0 Å². The zero-order valence-corrected chi connectivity index (χ0v) is 9.30. The Kier molecular flexibility index (Phi) is 4.46. The van der Waals surface area contributed by atoms with Gasteiger partial charge >= 0.3 is 0 Å². The molecule has 2 N–H and O–H groups in total. The highest BCUT2D eigenvalue weighted by Gasteiger charge is 1.95. The molecule has 0 spiro atoms. The molecular formula is C10H20N4. The zero-order chi connectivity index (χ0) is 10.4. The summed E-state index contributed by atoms with van der Waals surface area (Å²) in [5, 5.41) is 3.25.